The molecule has 2 aromatic carbocycles. The highest BCUT2D eigenvalue weighted by Crippen LogP contribution is 2.25. The summed E-state index contributed by atoms with van der Waals surface area (Å²) >= 11 is 0. The number of likely N-dealkylation sites (N-methyl/N-ethyl adjacent to an activating group) is 1. The molecule has 2 aromatic rings. The summed E-state index contributed by atoms with van der Waals surface area (Å²) in [5, 5.41) is 0. The van der Waals surface area contributed by atoms with Crippen LogP contribution in [0.1, 0.15) is 42.9 Å². The summed E-state index contributed by atoms with van der Waals surface area (Å²) in [4.78, 5) is 42.6. The van der Waals surface area contributed by atoms with Crippen LogP contribution in [0.25, 0.3) is 0 Å². The van der Waals surface area contributed by atoms with Crippen molar-refractivity contribution in [1.29, 1.82) is 0 Å². The van der Waals surface area contributed by atoms with Gasteiger partial charge in [-0.3, -0.25) is 14.5 Å². The number of amides is 2. The van der Waals surface area contributed by atoms with Crippen LogP contribution in [-0.4, -0.2) is 80.3 Å². The summed E-state index contributed by atoms with van der Waals surface area (Å²) in [5.41, 5.74) is 4.23. The maximum Gasteiger partial charge on any atom is 0.410 e. The average Bonchev–Trinajstić information content (AvgIpc) is 2.97. The number of hydrogen-bond acceptors (Lipinski definition) is 7. The van der Waals surface area contributed by atoms with Gasteiger partial charge in [-0.1, -0.05) is 36.4 Å². The van der Waals surface area contributed by atoms with E-state index in [0.717, 1.165) is 30.8 Å². The zero-order valence-electron chi connectivity index (χ0n) is 23.0. The molecule has 0 aromatic heterocycles. The van der Waals surface area contributed by atoms with Crippen molar-refractivity contribution in [2.45, 2.75) is 51.9 Å². The van der Waals surface area contributed by atoms with Crippen molar-refractivity contribution < 1.29 is 28.6 Å². The first-order chi connectivity index (χ1) is 18.9. The molecule has 0 aliphatic carbocycles. The molecule has 1 fully saturated rings. The molecule has 2 aliphatic rings. The van der Waals surface area contributed by atoms with Gasteiger partial charge >= 0.3 is 12.1 Å². The maximum atomic E-state index is 12.9. The number of likely N-dealkylation sites (tertiary alicyclic amines) is 1. The van der Waals surface area contributed by atoms with Crippen molar-refractivity contribution in [3.05, 3.63) is 65.2 Å². The molecular formula is C30H39N3O6. The second-order valence-electron chi connectivity index (χ2n) is 10.0. The molecule has 0 atom stereocenters. The van der Waals surface area contributed by atoms with Gasteiger partial charge in [0.05, 0.1) is 19.1 Å². The van der Waals surface area contributed by atoms with E-state index >= 15 is 0 Å². The third-order valence-corrected chi connectivity index (χ3v) is 7.33. The van der Waals surface area contributed by atoms with Crippen molar-refractivity contribution in [3.8, 4) is 0 Å². The van der Waals surface area contributed by atoms with Crippen molar-refractivity contribution in [1.82, 2.24) is 9.80 Å². The quantitative estimate of drug-likeness (QED) is 0.426. The van der Waals surface area contributed by atoms with E-state index in [9.17, 15) is 14.4 Å². The van der Waals surface area contributed by atoms with Crippen LogP contribution in [-0.2, 0) is 43.4 Å². The Morgan fingerprint density at radius 3 is 2.49 bits per heavy atom. The molecule has 210 valence electrons. The van der Waals surface area contributed by atoms with Crippen LogP contribution in [0.2, 0.25) is 0 Å². The van der Waals surface area contributed by atoms with Gasteiger partial charge in [-0.2, -0.15) is 0 Å². The fraction of sp³-hybridized carbons (Fsp3) is 0.500. The Morgan fingerprint density at radius 1 is 0.974 bits per heavy atom. The minimum Gasteiger partial charge on any atom is -0.466 e. The summed E-state index contributed by atoms with van der Waals surface area (Å²) in [6.07, 6.45) is 2.23. The first kappa shape index (κ1) is 28.6. The number of piperidine rings is 1. The van der Waals surface area contributed by atoms with E-state index in [1.165, 1.54) is 11.1 Å². The number of carbonyl (C=O) groups excluding carboxylic acids is 3. The first-order valence-corrected chi connectivity index (χ1v) is 13.8. The van der Waals surface area contributed by atoms with Gasteiger partial charge in [-0.05, 0) is 55.0 Å². The fourth-order valence-corrected chi connectivity index (χ4v) is 4.93. The van der Waals surface area contributed by atoms with Gasteiger partial charge in [0.2, 0.25) is 0 Å². The van der Waals surface area contributed by atoms with E-state index in [1.54, 1.807) is 16.8 Å². The molecule has 2 amide bonds. The molecule has 2 aliphatic heterocycles. The average molecular weight is 538 g/mol. The highest BCUT2D eigenvalue weighted by atomic mass is 16.6. The fourth-order valence-electron chi connectivity index (χ4n) is 4.93. The largest absolute Gasteiger partial charge is 0.466 e. The van der Waals surface area contributed by atoms with Gasteiger partial charge in [0, 0.05) is 45.5 Å². The number of carbonyl (C=O) groups is 3. The summed E-state index contributed by atoms with van der Waals surface area (Å²) in [5.74, 6) is -0.286. The molecule has 9 heteroatoms. The summed E-state index contributed by atoms with van der Waals surface area (Å²) in [6, 6.07) is 15.7. The second-order valence-corrected chi connectivity index (χ2v) is 10.0. The number of benzene rings is 2. The molecule has 0 N–H and O–H groups in total. The molecule has 9 nitrogen and oxygen atoms in total. The third kappa shape index (κ3) is 8.28. The lowest BCUT2D eigenvalue weighted by atomic mass is 9.98. The zero-order chi connectivity index (χ0) is 27.6. The zero-order valence-corrected chi connectivity index (χ0v) is 23.0. The van der Waals surface area contributed by atoms with Crippen LogP contribution < -0.4 is 4.90 Å². The molecule has 0 saturated carbocycles. The molecule has 1 saturated heterocycles. The number of anilines is 1. The molecular weight excluding hydrogens is 498 g/mol. The topological polar surface area (TPSA) is 88.6 Å². The van der Waals surface area contributed by atoms with Gasteiger partial charge in [-0.25, -0.2) is 4.79 Å². The highest BCUT2D eigenvalue weighted by Gasteiger charge is 2.26. The van der Waals surface area contributed by atoms with Crippen LogP contribution in [0.3, 0.4) is 0 Å². The van der Waals surface area contributed by atoms with Gasteiger partial charge in [0.25, 0.3) is 5.91 Å². The number of esters is 1. The summed E-state index contributed by atoms with van der Waals surface area (Å²) in [6.45, 7) is 5.85. The standard InChI is InChI=1S/C30H39N3O6/c1-3-37-29(35)14-16-32-15-11-24-9-10-26(19-25(24)20-32)31(2)28(34)22-38-27-12-17-33(18-13-27)30(36)39-21-23-7-5-4-6-8-23/h4-10,19,27H,3,11-18,20-22H2,1-2H3. The van der Waals surface area contributed by atoms with Crippen molar-refractivity contribution in [3.63, 3.8) is 0 Å². The van der Waals surface area contributed by atoms with Crippen molar-refractivity contribution in [2.24, 2.45) is 0 Å². The second kappa shape index (κ2) is 14.1. The van der Waals surface area contributed by atoms with E-state index in [2.05, 4.69) is 17.0 Å². The van der Waals surface area contributed by atoms with Gasteiger partial charge < -0.3 is 24.0 Å². The van der Waals surface area contributed by atoms with Crippen molar-refractivity contribution >= 4 is 23.7 Å². The smallest absolute Gasteiger partial charge is 0.410 e. The lowest BCUT2D eigenvalue weighted by Crippen LogP contribution is -2.42. The van der Waals surface area contributed by atoms with Gasteiger partial charge in [0.1, 0.15) is 13.2 Å². The summed E-state index contributed by atoms with van der Waals surface area (Å²) < 4.78 is 16.4. The Labute approximate surface area is 230 Å². The Balaban J connectivity index is 1.19. The molecule has 0 unspecified atom stereocenters. The number of ether oxygens (including phenoxy) is 3. The molecule has 39 heavy (non-hydrogen) atoms. The molecule has 0 bridgehead atoms. The number of fused-ring (bicyclic) bond motifs is 1. The number of nitrogens with zero attached hydrogens (tertiary/aromatic N) is 3. The summed E-state index contributed by atoms with van der Waals surface area (Å²) in [7, 11) is 1.76. The highest BCUT2D eigenvalue weighted by molar-refractivity contribution is 5.93. The Kier molecular flexibility index (Phi) is 10.3. The number of hydrogen-bond donors (Lipinski definition) is 0. The van der Waals surface area contributed by atoms with E-state index < -0.39 is 0 Å². The van der Waals surface area contributed by atoms with E-state index in [0.29, 0.717) is 45.5 Å². The number of rotatable bonds is 10. The Bertz CT molecular complexity index is 1120. The normalized spacial score (nSPS) is 15.9. The van der Waals surface area contributed by atoms with Crippen LogP contribution in [0, 0.1) is 0 Å². The maximum absolute atomic E-state index is 12.9. The lowest BCUT2D eigenvalue weighted by Gasteiger charge is -2.31. The van der Waals surface area contributed by atoms with E-state index in [-0.39, 0.29) is 37.3 Å². The minimum atomic E-state index is -0.319. The molecule has 4 rings (SSSR count). The monoisotopic (exact) mass is 537 g/mol. The van der Waals surface area contributed by atoms with Gasteiger partial charge in [0.15, 0.2) is 0 Å². The lowest BCUT2D eigenvalue weighted by molar-refractivity contribution is -0.143. The predicted molar refractivity (Wildman–Crippen MR) is 147 cm³/mol. The van der Waals surface area contributed by atoms with Crippen molar-refractivity contribution in [2.75, 3.05) is 51.3 Å². The third-order valence-electron chi connectivity index (χ3n) is 7.33. The van der Waals surface area contributed by atoms with E-state index in [1.807, 2.05) is 43.3 Å². The molecule has 0 spiro atoms. The van der Waals surface area contributed by atoms with Crippen LogP contribution in [0.15, 0.2) is 48.5 Å². The van der Waals surface area contributed by atoms with Crippen LogP contribution in [0.4, 0.5) is 10.5 Å². The van der Waals surface area contributed by atoms with E-state index in [4.69, 9.17) is 14.2 Å². The first-order valence-electron chi connectivity index (χ1n) is 13.8. The predicted octanol–water partition coefficient (Wildman–Crippen LogP) is 3.78. The van der Waals surface area contributed by atoms with Crippen LogP contribution >= 0.6 is 0 Å². The SMILES string of the molecule is CCOC(=O)CCN1CCc2ccc(N(C)C(=O)COC3CCN(C(=O)OCc4ccccc4)CC3)cc2C1. The minimum absolute atomic E-state index is 0.0115. The Morgan fingerprint density at radius 2 is 1.74 bits per heavy atom. The van der Waals surface area contributed by atoms with Gasteiger partial charge in [-0.15, -0.1) is 0 Å². The molecule has 0 radical (unpaired) electrons. The Hall–Kier alpha value is -3.43. The van der Waals surface area contributed by atoms with Crippen LogP contribution in [0.5, 0.6) is 0 Å². The molecule has 2 heterocycles.